The monoisotopic (exact) mass is 445 g/mol. The van der Waals surface area contributed by atoms with Gasteiger partial charge in [0, 0.05) is 45.0 Å². The summed E-state index contributed by atoms with van der Waals surface area (Å²) >= 11 is 0. The fourth-order valence-corrected chi connectivity index (χ4v) is 4.77. The molecule has 2 aromatic carbocycles. The lowest BCUT2D eigenvalue weighted by Gasteiger charge is -2.35. The summed E-state index contributed by atoms with van der Waals surface area (Å²) in [5, 5.41) is 0. The Bertz CT molecular complexity index is 1160. The number of carbonyl (C=O) groups is 1. The van der Waals surface area contributed by atoms with Crippen molar-refractivity contribution in [2.75, 3.05) is 33.0 Å². The highest BCUT2D eigenvalue weighted by Gasteiger charge is 2.27. The highest BCUT2D eigenvalue weighted by molar-refractivity contribution is 5.94. The maximum absolute atomic E-state index is 13.5. The molecule has 6 nitrogen and oxygen atoms in total. The van der Waals surface area contributed by atoms with Gasteiger partial charge in [0.15, 0.2) is 11.5 Å². The average molecular weight is 446 g/mol. The van der Waals surface area contributed by atoms with Crippen LogP contribution in [0.5, 0.6) is 11.5 Å². The minimum absolute atomic E-state index is 0.135. The molecule has 5 rings (SSSR count). The van der Waals surface area contributed by atoms with Crippen molar-refractivity contribution in [3.63, 3.8) is 0 Å². The molecule has 0 bridgehead atoms. The van der Waals surface area contributed by atoms with E-state index in [1.807, 2.05) is 17.9 Å². The van der Waals surface area contributed by atoms with E-state index in [2.05, 4.69) is 65.8 Å². The molecular weight excluding hydrogens is 414 g/mol. The van der Waals surface area contributed by atoms with Crippen LogP contribution in [0.3, 0.4) is 0 Å². The third-order valence-corrected chi connectivity index (χ3v) is 6.66. The molecule has 0 aliphatic carbocycles. The smallest absolute Gasteiger partial charge is 0.270 e. The molecule has 0 N–H and O–H groups in total. The summed E-state index contributed by atoms with van der Waals surface area (Å²) in [6, 6.07) is 16.8. The first-order chi connectivity index (χ1) is 16.0. The SMILES string of the molecule is Cc1ccc(Cn2c(C)cc(C)c2C(=O)N2CCN(Cc3ccc4c(c3)OCO4)CC2)cc1. The van der Waals surface area contributed by atoms with E-state index in [9.17, 15) is 4.79 Å². The van der Waals surface area contributed by atoms with Gasteiger partial charge in [-0.25, -0.2) is 0 Å². The number of benzene rings is 2. The van der Waals surface area contributed by atoms with Crippen molar-refractivity contribution in [3.8, 4) is 11.5 Å². The van der Waals surface area contributed by atoms with Gasteiger partial charge >= 0.3 is 0 Å². The summed E-state index contributed by atoms with van der Waals surface area (Å²) in [6.07, 6.45) is 0. The second-order valence-electron chi connectivity index (χ2n) is 9.15. The average Bonchev–Trinajstić information content (AvgIpc) is 3.38. The Morgan fingerprint density at radius 1 is 0.818 bits per heavy atom. The third-order valence-electron chi connectivity index (χ3n) is 6.66. The van der Waals surface area contributed by atoms with Gasteiger partial charge < -0.3 is 18.9 Å². The van der Waals surface area contributed by atoms with Crippen LogP contribution in [0.2, 0.25) is 0 Å². The van der Waals surface area contributed by atoms with Crippen molar-refractivity contribution < 1.29 is 14.3 Å². The molecule has 0 atom stereocenters. The van der Waals surface area contributed by atoms with Crippen LogP contribution in [-0.4, -0.2) is 53.2 Å². The zero-order valence-electron chi connectivity index (χ0n) is 19.6. The number of aromatic nitrogens is 1. The highest BCUT2D eigenvalue weighted by atomic mass is 16.7. The Balaban J connectivity index is 1.25. The molecule has 33 heavy (non-hydrogen) atoms. The van der Waals surface area contributed by atoms with Crippen LogP contribution in [0.25, 0.3) is 0 Å². The van der Waals surface area contributed by atoms with Crippen LogP contribution < -0.4 is 9.47 Å². The van der Waals surface area contributed by atoms with Crippen molar-refractivity contribution in [1.29, 1.82) is 0 Å². The first kappa shape index (κ1) is 21.6. The third kappa shape index (κ3) is 4.48. The Morgan fingerprint density at radius 2 is 1.52 bits per heavy atom. The molecule has 1 aromatic heterocycles. The topological polar surface area (TPSA) is 46.9 Å². The number of amides is 1. The van der Waals surface area contributed by atoms with E-state index in [-0.39, 0.29) is 5.91 Å². The molecule has 1 amide bonds. The van der Waals surface area contributed by atoms with Gasteiger partial charge in [0.1, 0.15) is 5.69 Å². The zero-order chi connectivity index (χ0) is 22.9. The van der Waals surface area contributed by atoms with E-state index in [4.69, 9.17) is 9.47 Å². The van der Waals surface area contributed by atoms with Gasteiger partial charge in [-0.15, -0.1) is 0 Å². The summed E-state index contributed by atoms with van der Waals surface area (Å²) in [4.78, 5) is 17.9. The summed E-state index contributed by atoms with van der Waals surface area (Å²) in [5.74, 6) is 1.77. The molecule has 0 spiro atoms. The van der Waals surface area contributed by atoms with Crippen LogP contribution in [-0.2, 0) is 13.1 Å². The molecule has 6 heteroatoms. The number of carbonyl (C=O) groups excluding carboxylic acids is 1. The predicted octanol–water partition coefficient (Wildman–Crippen LogP) is 4.15. The minimum Gasteiger partial charge on any atom is -0.454 e. The number of ether oxygens (including phenoxy) is 2. The molecular formula is C27H31N3O3. The molecule has 3 aromatic rings. The van der Waals surface area contributed by atoms with Crippen LogP contribution in [0.15, 0.2) is 48.5 Å². The number of hydrogen-bond acceptors (Lipinski definition) is 4. The second-order valence-corrected chi connectivity index (χ2v) is 9.15. The largest absolute Gasteiger partial charge is 0.454 e. The van der Waals surface area contributed by atoms with Gasteiger partial charge in [-0.1, -0.05) is 35.9 Å². The first-order valence-electron chi connectivity index (χ1n) is 11.6. The van der Waals surface area contributed by atoms with Crippen molar-refractivity contribution in [2.24, 2.45) is 0 Å². The highest BCUT2D eigenvalue weighted by Crippen LogP contribution is 2.33. The molecule has 0 unspecified atom stereocenters. The Hall–Kier alpha value is -3.25. The van der Waals surface area contributed by atoms with Crippen molar-refractivity contribution >= 4 is 5.91 Å². The van der Waals surface area contributed by atoms with Crippen molar-refractivity contribution in [2.45, 2.75) is 33.9 Å². The van der Waals surface area contributed by atoms with Crippen LogP contribution in [0.1, 0.15) is 38.4 Å². The van der Waals surface area contributed by atoms with E-state index in [1.54, 1.807) is 0 Å². The maximum atomic E-state index is 13.5. The molecule has 172 valence electrons. The van der Waals surface area contributed by atoms with Crippen LogP contribution in [0, 0.1) is 20.8 Å². The number of piperazine rings is 1. The van der Waals surface area contributed by atoms with Crippen molar-refractivity contribution in [3.05, 3.63) is 82.2 Å². The number of aryl methyl sites for hydroxylation is 3. The molecule has 1 fully saturated rings. The van der Waals surface area contributed by atoms with E-state index in [0.29, 0.717) is 13.3 Å². The Kier molecular flexibility index (Phi) is 5.85. The standard InChI is InChI=1S/C27H31N3O3/c1-19-4-6-22(7-5-19)17-30-21(3)14-20(2)26(30)27(31)29-12-10-28(11-13-29)16-23-8-9-24-25(15-23)33-18-32-24/h4-9,14-15H,10-13,16-18H2,1-3H3. The lowest BCUT2D eigenvalue weighted by atomic mass is 10.1. The fraction of sp³-hybridized carbons (Fsp3) is 0.370. The fourth-order valence-electron chi connectivity index (χ4n) is 4.77. The molecule has 0 radical (unpaired) electrons. The summed E-state index contributed by atoms with van der Waals surface area (Å²) in [6.45, 7) is 11.3. The second kappa shape index (κ2) is 8.94. The van der Waals surface area contributed by atoms with E-state index >= 15 is 0 Å². The predicted molar refractivity (Wildman–Crippen MR) is 128 cm³/mol. The van der Waals surface area contributed by atoms with E-state index < -0.39 is 0 Å². The molecule has 2 aliphatic heterocycles. The summed E-state index contributed by atoms with van der Waals surface area (Å²) in [7, 11) is 0. The molecule has 1 saturated heterocycles. The molecule has 3 heterocycles. The minimum atomic E-state index is 0.135. The normalized spacial score (nSPS) is 15.8. The first-order valence-corrected chi connectivity index (χ1v) is 11.6. The van der Waals surface area contributed by atoms with Gasteiger partial charge in [0.2, 0.25) is 6.79 Å². The van der Waals surface area contributed by atoms with Crippen LogP contribution in [0.4, 0.5) is 0 Å². The molecule has 2 aliphatic rings. The maximum Gasteiger partial charge on any atom is 0.270 e. The number of hydrogen-bond donors (Lipinski definition) is 0. The lowest BCUT2D eigenvalue weighted by Crippen LogP contribution is -2.48. The molecule has 0 saturated carbocycles. The van der Waals surface area contributed by atoms with E-state index in [0.717, 1.165) is 61.2 Å². The Labute approximate surface area is 195 Å². The quantitative estimate of drug-likeness (QED) is 0.592. The van der Waals surface area contributed by atoms with Gasteiger partial charge in [0.25, 0.3) is 5.91 Å². The number of rotatable bonds is 5. The van der Waals surface area contributed by atoms with Crippen LogP contribution >= 0.6 is 0 Å². The zero-order valence-corrected chi connectivity index (χ0v) is 19.6. The van der Waals surface area contributed by atoms with Gasteiger partial charge in [-0.2, -0.15) is 0 Å². The Morgan fingerprint density at radius 3 is 2.27 bits per heavy atom. The van der Waals surface area contributed by atoms with Crippen molar-refractivity contribution in [1.82, 2.24) is 14.4 Å². The van der Waals surface area contributed by atoms with Gasteiger partial charge in [-0.3, -0.25) is 9.69 Å². The summed E-state index contributed by atoms with van der Waals surface area (Å²) in [5.41, 5.74) is 6.65. The number of nitrogens with zero attached hydrogens (tertiary/aromatic N) is 3. The number of fused-ring (bicyclic) bond motifs is 1. The van der Waals surface area contributed by atoms with E-state index in [1.165, 1.54) is 16.7 Å². The lowest BCUT2D eigenvalue weighted by molar-refractivity contribution is 0.0617. The van der Waals surface area contributed by atoms with Gasteiger partial charge in [-0.05, 0) is 55.7 Å². The summed E-state index contributed by atoms with van der Waals surface area (Å²) < 4.78 is 13.1. The van der Waals surface area contributed by atoms with Gasteiger partial charge in [0.05, 0.1) is 0 Å².